The SMILES string of the molecule is COc1cc(OC)c(Cl)c(OC#N)c1Cl. The van der Waals surface area contributed by atoms with Gasteiger partial charge in [-0.3, -0.25) is 0 Å². The molecule has 0 saturated carbocycles. The quantitative estimate of drug-likeness (QED) is 0.771. The Morgan fingerprint density at radius 1 is 1.13 bits per heavy atom. The molecule has 0 radical (unpaired) electrons. The predicted octanol–water partition coefficient (Wildman–Crippen LogP) is 2.87. The Hall–Kier alpha value is -1.31. The molecule has 1 rings (SSSR count). The van der Waals surface area contributed by atoms with Crippen molar-refractivity contribution in [1.29, 1.82) is 5.26 Å². The van der Waals surface area contributed by atoms with Crippen molar-refractivity contribution < 1.29 is 14.2 Å². The minimum Gasteiger partial charge on any atom is -0.495 e. The first-order valence-corrected chi connectivity index (χ1v) is 4.57. The number of hydrogen-bond acceptors (Lipinski definition) is 4. The topological polar surface area (TPSA) is 51.5 Å². The van der Waals surface area contributed by atoms with Gasteiger partial charge < -0.3 is 14.2 Å². The zero-order valence-corrected chi connectivity index (χ0v) is 9.52. The van der Waals surface area contributed by atoms with Gasteiger partial charge in [-0.15, -0.1) is 5.26 Å². The molecule has 15 heavy (non-hydrogen) atoms. The number of methoxy groups -OCH3 is 2. The molecule has 0 fully saturated rings. The molecule has 0 amide bonds. The number of nitrogens with zero attached hydrogens (tertiary/aromatic N) is 1. The Bertz CT molecular complexity index is 387. The summed E-state index contributed by atoms with van der Waals surface area (Å²) >= 11 is 11.8. The highest BCUT2D eigenvalue weighted by molar-refractivity contribution is 6.39. The van der Waals surface area contributed by atoms with E-state index in [0.717, 1.165) is 0 Å². The van der Waals surface area contributed by atoms with Gasteiger partial charge in [-0.05, 0) is 0 Å². The van der Waals surface area contributed by atoms with Crippen LogP contribution in [0.2, 0.25) is 10.0 Å². The van der Waals surface area contributed by atoms with Crippen LogP contribution in [0.3, 0.4) is 0 Å². The molecule has 4 nitrogen and oxygen atoms in total. The molecule has 0 atom stereocenters. The molecule has 0 aromatic heterocycles. The predicted molar refractivity (Wildman–Crippen MR) is 55.8 cm³/mol. The maximum absolute atomic E-state index is 8.42. The molecule has 0 N–H and O–H groups in total. The second kappa shape index (κ2) is 4.96. The highest BCUT2D eigenvalue weighted by atomic mass is 35.5. The van der Waals surface area contributed by atoms with Crippen LogP contribution >= 0.6 is 23.2 Å². The van der Waals surface area contributed by atoms with Gasteiger partial charge >= 0.3 is 0 Å². The number of halogens is 2. The number of rotatable bonds is 3. The second-order valence-electron chi connectivity index (χ2n) is 2.43. The minimum atomic E-state index is 0.0250. The first-order valence-electron chi connectivity index (χ1n) is 3.81. The molecule has 0 aliphatic rings. The third-order valence-corrected chi connectivity index (χ3v) is 2.40. The normalized spacial score (nSPS) is 9.27. The smallest absolute Gasteiger partial charge is 0.292 e. The molecule has 1 aromatic rings. The van der Waals surface area contributed by atoms with Gasteiger partial charge in [0.1, 0.15) is 21.5 Å². The number of benzene rings is 1. The van der Waals surface area contributed by atoms with Crippen molar-refractivity contribution in [3.05, 3.63) is 16.1 Å². The minimum absolute atomic E-state index is 0.0250. The molecular weight excluding hydrogens is 241 g/mol. The van der Waals surface area contributed by atoms with Crippen molar-refractivity contribution in [3.8, 4) is 23.5 Å². The van der Waals surface area contributed by atoms with Crippen LogP contribution in [0.1, 0.15) is 0 Å². The lowest BCUT2D eigenvalue weighted by molar-refractivity contribution is 0.388. The average molecular weight is 248 g/mol. The third kappa shape index (κ3) is 2.20. The lowest BCUT2D eigenvalue weighted by Crippen LogP contribution is -1.93. The monoisotopic (exact) mass is 247 g/mol. The molecule has 0 bridgehead atoms. The Kier molecular flexibility index (Phi) is 3.89. The average Bonchev–Trinajstić information content (AvgIpc) is 2.25. The van der Waals surface area contributed by atoms with Gasteiger partial charge in [0, 0.05) is 6.07 Å². The molecule has 0 saturated heterocycles. The van der Waals surface area contributed by atoms with Crippen molar-refractivity contribution in [1.82, 2.24) is 0 Å². The molecule has 0 aliphatic heterocycles. The van der Waals surface area contributed by atoms with Crippen LogP contribution < -0.4 is 14.2 Å². The first kappa shape index (κ1) is 11.8. The summed E-state index contributed by atoms with van der Waals surface area (Å²) in [6.45, 7) is 0. The maximum Gasteiger partial charge on any atom is 0.292 e. The van der Waals surface area contributed by atoms with E-state index in [1.807, 2.05) is 0 Å². The maximum atomic E-state index is 8.42. The summed E-state index contributed by atoms with van der Waals surface area (Å²) in [4.78, 5) is 0. The molecule has 1 aromatic carbocycles. The molecule has 0 unspecified atom stereocenters. The summed E-state index contributed by atoms with van der Waals surface area (Å²) in [6, 6.07) is 1.51. The van der Waals surface area contributed by atoms with Crippen molar-refractivity contribution in [2.24, 2.45) is 0 Å². The van der Waals surface area contributed by atoms with Gasteiger partial charge in [0.05, 0.1) is 14.2 Å². The van der Waals surface area contributed by atoms with Crippen molar-refractivity contribution in [2.75, 3.05) is 14.2 Å². The zero-order chi connectivity index (χ0) is 11.4. The van der Waals surface area contributed by atoms with Gasteiger partial charge in [-0.2, -0.15) is 0 Å². The number of nitriles is 1. The molecule has 80 valence electrons. The standard InChI is InChI=1S/C9H7Cl2NO3/c1-13-5-3-6(14-2)8(11)9(7(5)10)15-4-12/h3H,1-2H3. The fourth-order valence-corrected chi connectivity index (χ4v) is 1.58. The van der Waals surface area contributed by atoms with E-state index in [4.69, 9.17) is 37.9 Å². The Balaban J connectivity index is 3.40. The van der Waals surface area contributed by atoms with E-state index in [0.29, 0.717) is 11.5 Å². The van der Waals surface area contributed by atoms with Gasteiger partial charge in [0.15, 0.2) is 5.75 Å². The van der Waals surface area contributed by atoms with E-state index in [1.54, 1.807) is 0 Å². The largest absolute Gasteiger partial charge is 0.495 e. The fourth-order valence-electron chi connectivity index (χ4n) is 0.998. The third-order valence-electron chi connectivity index (χ3n) is 1.68. The summed E-state index contributed by atoms with van der Waals surface area (Å²) in [6.07, 6.45) is 1.49. The lowest BCUT2D eigenvalue weighted by atomic mass is 10.3. The summed E-state index contributed by atoms with van der Waals surface area (Å²) in [5.41, 5.74) is 0. The number of ether oxygens (including phenoxy) is 3. The van der Waals surface area contributed by atoms with Gasteiger partial charge in [-0.25, -0.2) is 0 Å². The van der Waals surface area contributed by atoms with Crippen LogP contribution in [0.15, 0.2) is 6.07 Å². The fraction of sp³-hybridized carbons (Fsp3) is 0.222. The Morgan fingerprint density at radius 2 is 1.60 bits per heavy atom. The van der Waals surface area contributed by atoms with Crippen LogP contribution in [-0.4, -0.2) is 14.2 Å². The molecule has 0 aliphatic carbocycles. The zero-order valence-electron chi connectivity index (χ0n) is 8.01. The van der Waals surface area contributed by atoms with Crippen LogP contribution in [-0.2, 0) is 0 Å². The van der Waals surface area contributed by atoms with Gasteiger partial charge in [-0.1, -0.05) is 23.2 Å². The van der Waals surface area contributed by atoms with E-state index in [-0.39, 0.29) is 15.8 Å². The Morgan fingerprint density at radius 3 is 1.93 bits per heavy atom. The summed E-state index contributed by atoms with van der Waals surface area (Å²) < 4.78 is 14.6. The molecule has 0 heterocycles. The van der Waals surface area contributed by atoms with E-state index in [9.17, 15) is 0 Å². The molecule has 0 spiro atoms. The summed E-state index contributed by atoms with van der Waals surface area (Å²) in [7, 11) is 2.87. The Labute approximate surface area is 96.9 Å². The van der Waals surface area contributed by atoms with E-state index in [1.165, 1.54) is 26.5 Å². The van der Waals surface area contributed by atoms with Crippen molar-refractivity contribution in [3.63, 3.8) is 0 Å². The molecule has 6 heteroatoms. The summed E-state index contributed by atoms with van der Waals surface area (Å²) in [5.74, 6) is 0.670. The van der Waals surface area contributed by atoms with Crippen LogP contribution in [0.25, 0.3) is 0 Å². The van der Waals surface area contributed by atoms with Crippen molar-refractivity contribution in [2.45, 2.75) is 0 Å². The second-order valence-corrected chi connectivity index (χ2v) is 3.19. The van der Waals surface area contributed by atoms with Gasteiger partial charge in [0.25, 0.3) is 6.26 Å². The van der Waals surface area contributed by atoms with Crippen molar-refractivity contribution >= 4 is 23.2 Å². The van der Waals surface area contributed by atoms with E-state index < -0.39 is 0 Å². The molecular formula is C9H7Cl2NO3. The van der Waals surface area contributed by atoms with Crippen LogP contribution in [0, 0.1) is 11.5 Å². The first-order chi connectivity index (χ1) is 7.15. The van der Waals surface area contributed by atoms with Crippen LogP contribution in [0.5, 0.6) is 17.2 Å². The van der Waals surface area contributed by atoms with E-state index >= 15 is 0 Å². The highest BCUT2D eigenvalue weighted by Gasteiger charge is 2.18. The summed E-state index contributed by atoms with van der Waals surface area (Å²) in [5, 5.41) is 8.68. The lowest BCUT2D eigenvalue weighted by Gasteiger charge is -2.11. The number of hydrogen-bond donors (Lipinski definition) is 0. The van der Waals surface area contributed by atoms with Crippen LogP contribution in [0.4, 0.5) is 0 Å². The highest BCUT2D eigenvalue weighted by Crippen LogP contribution is 2.45. The van der Waals surface area contributed by atoms with Gasteiger partial charge in [0.2, 0.25) is 0 Å². The van der Waals surface area contributed by atoms with E-state index in [2.05, 4.69) is 4.74 Å².